The Morgan fingerprint density at radius 3 is 2.42 bits per heavy atom. The highest BCUT2D eigenvalue weighted by Gasteiger charge is 2.31. The smallest absolute Gasteiger partial charge is 0.406 e. The van der Waals surface area contributed by atoms with Gasteiger partial charge in [0.15, 0.2) is 0 Å². The largest absolute Gasteiger partial charge is 0.573 e. The van der Waals surface area contributed by atoms with Crippen LogP contribution in [0.15, 0.2) is 42.5 Å². The van der Waals surface area contributed by atoms with Gasteiger partial charge in [-0.3, -0.25) is 0 Å². The Morgan fingerprint density at radius 2 is 1.77 bits per heavy atom. The lowest BCUT2D eigenvalue weighted by Gasteiger charge is -2.15. The first-order chi connectivity index (χ1) is 14.6. The van der Waals surface area contributed by atoms with E-state index in [1.807, 2.05) is 26.0 Å². The highest BCUT2D eigenvalue weighted by molar-refractivity contribution is 6.30. The molecule has 1 aromatic heterocycles. The van der Waals surface area contributed by atoms with Crippen molar-refractivity contribution in [1.82, 2.24) is 9.97 Å². The van der Waals surface area contributed by atoms with Gasteiger partial charge in [-0.25, -0.2) is 4.98 Å². The van der Waals surface area contributed by atoms with Crippen LogP contribution in [0.3, 0.4) is 0 Å². The second-order valence-electron chi connectivity index (χ2n) is 6.73. The van der Waals surface area contributed by atoms with Crippen molar-refractivity contribution in [2.75, 3.05) is 23.8 Å². The molecule has 0 aliphatic carbocycles. The van der Waals surface area contributed by atoms with E-state index in [1.165, 1.54) is 18.2 Å². The lowest BCUT2D eigenvalue weighted by Crippen LogP contribution is -2.17. The summed E-state index contributed by atoms with van der Waals surface area (Å²) in [5.41, 5.74) is 3.38. The predicted octanol–water partition coefficient (Wildman–Crippen LogP) is 5.46. The van der Waals surface area contributed by atoms with Crippen LogP contribution in [0.4, 0.5) is 30.6 Å². The summed E-state index contributed by atoms with van der Waals surface area (Å²) in [7, 11) is 0. The van der Waals surface area contributed by atoms with E-state index in [0.717, 1.165) is 16.8 Å². The zero-order valence-corrected chi connectivity index (χ0v) is 17.5. The summed E-state index contributed by atoms with van der Waals surface area (Å²) in [6, 6.07) is 10.7. The molecule has 10 heteroatoms. The molecule has 164 valence electrons. The van der Waals surface area contributed by atoms with Crippen molar-refractivity contribution in [3.8, 4) is 17.0 Å². The molecular weight excluding hydrogens is 433 g/mol. The summed E-state index contributed by atoms with van der Waals surface area (Å²) in [5, 5.41) is 15.8. The highest BCUT2D eigenvalue weighted by Crippen LogP contribution is 2.31. The average molecular weight is 453 g/mol. The van der Waals surface area contributed by atoms with Crippen LogP contribution in [0.2, 0.25) is 5.02 Å². The molecule has 3 N–H and O–H groups in total. The minimum atomic E-state index is -4.80. The van der Waals surface area contributed by atoms with Gasteiger partial charge in [0.2, 0.25) is 5.95 Å². The van der Waals surface area contributed by atoms with Gasteiger partial charge in [-0.15, -0.1) is 13.2 Å². The zero-order chi connectivity index (χ0) is 22.6. The number of nitrogens with zero attached hydrogens (tertiary/aromatic N) is 2. The molecule has 0 fully saturated rings. The Morgan fingerprint density at radius 1 is 1.06 bits per heavy atom. The Bertz CT molecular complexity index is 1050. The van der Waals surface area contributed by atoms with Gasteiger partial charge in [-0.1, -0.05) is 23.7 Å². The van der Waals surface area contributed by atoms with E-state index in [9.17, 15) is 13.2 Å². The van der Waals surface area contributed by atoms with Gasteiger partial charge < -0.3 is 20.5 Å². The van der Waals surface area contributed by atoms with Crippen molar-refractivity contribution in [2.24, 2.45) is 0 Å². The van der Waals surface area contributed by atoms with Crippen molar-refractivity contribution in [3.63, 3.8) is 0 Å². The summed E-state index contributed by atoms with van der Waals surface area (Å²) in [4.78, 5) is 8.74. The number of ether oxygens (including phenoxy) is 1. The summed E-state index contributed by atoms with van der Waals surface area (Å²) < 4.78 is 41.8. The topological polar surface area (TPSA) is 79.3 Å². The average Bonchev–Trinajstić information content (AvgIpc) is 2.68. The van der Waals surface area contributed by atoms with Crippen molar-refractivity contribution in [1.29, 1.82) is 0 Å². The van der Waals surface area contributed by atoms with Crippen LogP contribution in [0.1, 0.15) is 11.1 Å². The molecule has 3 aromatic rings. The minimum absolute atomic E-state index is 0.138. The fourth-order valence-corrected chi connectivity index (χ4v) is 3.32. The molecule has 0 radical (unpaired) electrons. The molecule has 1 heterocycles. The first kappa shape index (κ1) is 22.6. The third-order valence-corrected chi connectivity index (χ3v) is 4.45. The van der Waals surface area contributed by atoms with Crippen LogP contribution in [0.5, 0.6) is 5.75 Å². The number of nitrogens with one attached hydrogen (secondary N) is 2. The quantitative estimate of drug-likeness (QED) is 0.441. The number of aromatic nitrogens is 2. The number of anilines is 3. The standard InChI is InChI=1S/C21H20ClF3N4O2/c1-12-8-15(22)9-13(2)19(12)28-18-11-17(27-20(29-18)26-6-7-30)14-4-3-5-16(10-14)31-21(23,24)25/h3-5,8-11,30H,6-7H2,1-2H3,(H2,26,27,28,29). The maximum Gasteiger partial charge on any atom is 0.573 e. The predicted molar refractivity (Wildman–Crippen MR) is 114 cm³/mol. The van der Waals surface area contributed by atoms with Crippen molar-refractivity contribution in [2.45, 2.75) is 20.2 Å². The molecule has 0 saturated heterocycles. The first-order valence-corrected chi connectivity index (χ1v) is 9.66. The molecule has 0 aliphatic heterocycles. The minimum Gasteiger partial charge on any atom is -0.406 e. The van der Waals surface area contributed by atoms with E-state index in [4.69, 9.17) is 16.7 Å². The molecule has 0 unspecified atom stereocenters. The van der Waals surface area contributed by atoms with E-state index in [1.54, 1.807) is 12.1 Å². The van der Waals surface area contributed by atoms with Crippen LogP contribution in [-0.4, -0.2) is 34.6 Å². The third kappa shape index (κ3) is 6.22. The van der Waals surface area contributed by atoms with Crippen LogP contribution in [-0.2, 0) is 0 Å². The fourth-order valence-electron chi connectivity index (χ4n) is 2.99. The zero-order valence-electron chi connectivity index (χ0n) is 16.7. The molecule has 2 aromatic carbocycles. The first-order valence-electron chi connectivity index (χ1n) is 9.28. The number of aliphatic hydroxyl groups excluding tert-OH is 1. The lowest BCUT2D eigenvalue weighted by molar-refractivity contribution is -0.274. The Kier molecular flexibility index (Phi) is 6.87. The normalized spacial score (nSPS) is 11.3. The van der Waals surface area contributed by atoms with E-state index >= 15 is 0 Å². The number of rotatable bonds is 7. The molecule has 31 heavy (non-hydrogen) atoms. The van der Waals surface area contributed by atoms with E-state index in [0.29, 0.717) is 22.1 Å². The maximum absolute atomic E-state index is 12.6. The molecule has 0 aliphatic rings. The van der Waals surface area contributed by atoms with Gasteiger partial charge >= 0.3 is 6.36 Å². The SMILES string of the molecule is Cc1cc(Cl)cc(C)c1Nc1cc(-c2cccc(OC(F)(F)F)c2)nc(NCCO)n1. The van der Waals surface area contributed by atoms with E-state index in [2.05, 4.69) is 25.3 Å². The van der Waals surface area contributed by atoms with Crippen molar-refractivity contribution in [3.05, 3.63) is 58.6 Å². The number of hydrogen-bond acceptors (Lipinski definition) is 6. The van der Waals surface area contributed by atoms with Gasteiger partial charge in [0.25, 0.3) is 0 Å². The maximum atomic E-state index is 12.6. The summed E-state index contributed by atoms with van der Waals surface area (Å²) in [6.45, 7) is 3.86. The number of halogens is 4. The Hall–Kier alpha value is -3.04. The summed E-state index contributed by atoms with van der Waals surface area (Å²) in [5.74, 6) is 0.272. The van der Waals surface area contributed by atoms with Crippen molar-refractivity contribution < 1.29 is 23.0 Å². The summed E-state index contributed by atoms with van der Waals surface area (Å²) >= 11 is 6.09. The molecular formula is C21H20ClF3N4O2. The highest BCUT2D eigenvalue weighted by atomic mass is 35.5. The van der Waals surface area contributed by atoms with Crippen LogP contribution < -0.4 is 15.4 Å². The Balaban J connectivity index is 2.01. The summed E-state index contributed by atoms with van der Waals surface area (Å²) in [6.07, 6.45) is -4.80. The molecule has 0 saturated carbocycles. The van der Waals surface area contributed by atoms with Crippen LogP contribution >= 0.6 is 11.6 Å². The van der Waals surface area contributed by atoms with E-state index in [-0.39, 0.29) is 24.8 Å². The molecule has 6 nitrogen and oxygen atoms in total. The monoisotopic (exact) mass is 452 g/mol. The Labute approximate surface area is 182 Å². The van der Waals surface area contributed by atoms with Gasteiger partial charge in [-0.2, -0.15) is 4.98 Å². The molecule has 0 amide bonds. The number of benzene rings is 2. The van der Waals surface area contributed by atoms with Gasteiger partial charge in [0.05, 0.1) is 12.3 Å². The van der Waals surface area contributed by atoms with Gasteiger partial charge in [0.1, 0.15) is 11.6 Å². The lowest BCUT2D eigenvalue weighted by atomic mass is 10.1. The van der Waals surface area contributed by atoms with Crippen LogP contribution in [0, 0.1) is 13.8 Å². The van der Waals surface area contributed by atoms with Crippen molar-refractivity contribution >= 4 is 29.1 Å². The number of aryl methyl sites for hydroxylation is 2. The third-order valence-electron chi connectivity index (χ3n) is 4.23. The van der Waals surface area contributed by atoms with Gasteiger partial charge in [0, 0.05) is 28.9 Å². The molecule has 3 rings (SSSR count). The van der Waals surface area contributed by atoms with Gasteiger partial charge in [-0.05, 0) is 49.2 Å². The number of alkyl halides is 3. The van der Waals surface area contributed by atoms with Crippen LogP contribution in [0.25, 0.3) is 11.3 Å². The molecule has 0 spiro atoms. The second-order valence-corrected chi connectivity index (χ2v) is 7.16. The second kappa shape index (κ2) is 9.40. The number of aliphatic hydroxyl groups is 1. The molecule has 0 atom stereocenters. The fraction of sp³-hybridized carbons (Fsp3) is 0.238. The van der Waals surface area contributed by atoms with E-state index < -0.39 is 6.36 Å². The molecule has 0 bridgehead atoms. The number of hydrogen-bond donors (Lipinski definition) is 3.